The third-order valence-corrected chi connectivity index (χ3v) is 4.56. The van der Waals surface area contributed by atoms with Crippen LogP contribution in [0.25, 0.3) is 0 Å². The molecule has 0 unspecified atom stereocenters. The fourth-order valence-corrected chi connectivity index (χ4v) is 3.13. The first-order valence-electron chi connectivity index (χ1n) is 6.77. The topological polar surface area (TPSA) is 21.3 Å². The number of rotatable bonds is 8. The lowest BCUT2D eigenvalue weighted by Gasteiger charge is -2.17. The Hall–Kier alpha value is -0.380. The summed E-state index contributed by atoms with van der Waals surface area (Å²) in [6.45, 7) is 2.63. The second-order valence-electron chi connectivity index (χ2n) is 5.29. The third kappa shape index (κ3) is 3.54. The van der Waals surface area contributed by atoms with Crippen LogP contribution in [0.3, 0.4) is 0 Å². The summed E-state index contributed by atoms with van der Waals surface area (Å²) in [5.41, 5.74) is 0. The Bertz CT molecular complexity index is 318. The molecular formula is C14H21NOS. The first-order chi connectivity index (χ1) is 8.43. The maximum atomic E-state index is 5.68. The van der Waals surface area contributed by atoms with Gasteiger partial charge >= 0.3 is 0 Å². The van der Waals surface area contributed by atoms with Crippen molar-refractivity contribution in [2.24, 2.45) is 11.8 Å². The Morgan fingerprint density at radius 2 is 2.06 bits per heavy atom. The van der Waals surface area contributed by atoms with E-state index in [-0.39, 0.29) is 0 Å². The quantitative estimate of drug-likeness (QED) is 0.717. The predicted octanol–water partition coefficient (Wildman–Crippen LogP) is 3.04. The average molecular weight is 251 g/mol. The van der Waals surface area contributed by atoms with E-state index in [4.69, 9.17) is 4.74 Å². The van der Waals surface area contributed by atoms with E-state index < -0.39 is 0 Å². The molecule has 1 aromatic rings. The van der Waals surface area contributed by atoms with Crippen molar-refractivity contribution in [2.75, 3.05) is 13.2 Å². The molecule has 3 rings (SSSR count). The summed E-state index contributed by atoms with van der Waals surface area (Å²) in [7, 11) is 0. The smallest absolute Gasteiger partial charge is 0.0809 e. The molecule has 0 spiro atoms. The minimum atomic E-state index is 0.775. The van der Waals surface area contributed by atoms with Crippen molar-refractivity contribution in [3.8, 4) is 0 Å². The van der Waals surface area contributed by atoms with Gasteiger partial charge in [-0.15, -0.1) is 11.3 Å². The van der Waals surface area contributed by atoms with Crippen molar-refractivity contribution in [1.29, 1.82) is 0 Å². The van der Waals surface area contributed by atoms with Crippen LogP contribution in [-0.4, -0.2) is 19.2 Å². The second-order valence-corrected chi connectivity index (χ2v) is 6.32. The van der Waals surface area contributed by atoms with Gasteiger partial charge in [0.05, 0.1) is 13.2 Å². The zero-order valence-electron chi connectivity index (χ0n) is 10.2. The van der Waals surface area contributed by atoms with Gasteiger partial charge in [-0.2, -0.15) is 0 Å². The molecule has 2 nitrogen and oxygen atoms in total. The minimum Gasteiger partial charge on any atom is -0.375 e. The lowest BCUT2D eigenvalue weighted by molar-refractivity contribution is 0.121. The molecule has 1 N–H and O–H groups in total. The van der Waals surface area contributed by atoms with E-state index in [1.807, 2.05) is 0 Å². The van der Waals surface area contributed by atoms with Crippen molar-refractivity contribution in [3.05, 3.63) is 22.4 Å². The van der Waals surface area contributed by atoms with Gasteiger partial charge < -0.3 is 10.1 Å². The van der Waals surface area contributed by atoms with Crippen molar-refractivity contribution in [2.45, 2.75) is 38.3 Å². The van der Waals surface area contributed by atoms with Crippen LogP contribution in [0.4, 0.5) is 0 Å². The first-order valence-corrected chi connectivity index (χ1v) is 7.65. The van der Waals surface area contributed by atoms with Gasteiger partial charge in [0.25, 0.3) is 0 Å². The molecule has 0 amide bonds. The molecule has 0 radical (unpaired) electrons. The van der Waals surface area contributed by atoms with Gasteiger partial charge in [0.1, 0.15) is 0 Å². The summed E-state index contributed by atoms with van der Waals surface area (Å²) < 4.78 is 5.68. The fourth-order valence-electron chi connectivity index (χ4n) is 2.49. The number of hydrogen-bond donors (Lipinski definition) is 1. The van der Waals surface area contributed by atoms with Crippen LogP contribution in [0.5, 0.6) is 0 Å². The van der Waals surface area contributed by atoms with Crippen LogP contribution in [0.1, 0.15) is 30.6 Å². The van der Waals surface area contributed by atoms with Crippen molar-refractivity contribution in [3.63, 3.8) is 0 Å². The Balaban J connectivity index is 1.29. The number of nitrogens with one attached hydrogen (secondary N) is 1. The first kappa shape index (κ1) is 11.7. The van der Waals surface area contributed by atoms with Crippen molar-refractivity contribution >= 4 is 11.3 Å². The summed E-state index contributed by atoms with van der Waals surface area (Å²) in [5.74, 6) is 1.97. The lowest BCUT2D eigenvalue weighted by atomic mass is 10.1. The van der Waals surface area contributed by atoms with Crippen LogP contribution in [0.2, 0.25) is 0 Å². The van der Waals surface area contributed by atoms with Crippen LogP contribution in [0, 0.1) is 11.8 Å². The summed E-state index contributed by atoms with van der Waals surface area (Å²) in [5, 5.41) is 5.81. The molecule has 17 heavy (non-hydrogen) atoms. The van der Waals surface area contributed by atoms with Gasteiger partial charge in [0.15, 0.2) is 0 Å². The molecule has 2 aliphatic rings. The largest absolute Gasteiger partial charge is 0.375 e. The van der Waals surface area contributed by atoms with Gasteiger partial charge in [-0.3, -0.25) is 0 Å². The highest BCUT2D eigenvalue weighted by atomic mass is 32.1. The van der Waals surface area contributed by atoms with Gasteiger partial charge in [-0.1, -0.05) is 6.07 Å². The monoisotopic (exact) mass is 251 g/mol. The second kappa shape index (κ2) is 5.51. The summed E-state index contributed by atoms with van der Waals surface area (Å²) in [6, 6.07) is 5.02. The molecule has 0 saturated heterocycles. The zero-order chi connectivity index (χ0) is 11.5. The number of hydrogen-bond acceptors (Lipinski definition) is 3. The van der Waals surface area contributed by atoms with E-state index in [9.17, 15) is 0 Å². The van der Waals surface area contributed by atoms with E-state index in [1.54, 1.807) is 11.3 Å². The SMILES string of the molecule is c1csc(COCCNC(C2CC2)C2CC2)c1. The van der Waals surface area contributed by atoms with E-state index in [1.165, 1.54) is 30.6 Å². The van der Waals surface area contributed by atoms with Crippen LogP contribution in [-0.2, 0) is 11.3 Å². The summed E-state index contributed by atoms with van der Waals surface area (Å²) >= 11 is 1.77. The van der Waals surface area contributed by atoms with Gasteiger partial charge in [-0.05, 0) is 49.0 Å². The molecule has 0 aliphatic heterocycles. The van der Waals surface area contributed by atoms with Gasteiger partial charge in [0, 0.05) is 17.5 Å². The van der Waals surface area contributed by atoms with E-state index in [2.05, 4.69) is 22.8 Å². The molecule has 2 aliphatic carbocycles. The highest BCUT2D eigenvalue weighted by molar-refractivity contribution is 7.09. The lowest BCUT2D eigenvalue weighted by Crippen LogP contribution is -2.35. The average Bonchev–Trinajstić information content (AvgIpc) is 3.25. The molecule has 2 saturated carbocycles. The normalized spacial score (nSPS) is 20.1. The maximum Gasteiger partial charge on any atom is 0.0809 e. The van der Waals surface area contributed by atoms with Crippen LogP contribution in [0.15, 0.2) is 17.5 Å². The number of thiophene rings is 1. The summed E-state index contributed by atoms with van der Waals surface area (Å²) in [6.07, 6.45) is 5.79. The Morgan fingerprint density at radius 1 is 1.29 bits per heavy atom. The molecular weight excluding hydrogens is 230 g/mol. The van der Waals surface area contributed by atoms with Crippen molar-refractivity contribution in [1.82, 2.24) is 5.32 Å². The van der Waals surface area contributed by atoms with E-state index in [0.29, 0.717) is 0 Å². The Labute approximate surface area is 107 Å². The maximum absolute atomic E-state index is 5.68. The molecule has 0 aromatic carbocycles. The molecule has 0 bridgehead atoms. The minimum absolute atomic E-state index is 0.775. The van der Waals surface area contributed by atoms with Crippen molar-refractivity contribution < 1.29 is 4.74 Å². The fraction of sp³-hybridized carbons (Fsp3) is 0.714. The Morgan fingerprint density at radius 3 is 2.65 bits per heavy atom. The zero-order valence-corrected chi connectivity index (χ0v) is 11.0. The molecule has 94 valence electrons. The summed E-state index contributed by atoms with van der Waals surface area (Å²) in [4.78, 5) is 1.32. The standard InChI is InChI=1S/C14H21NOS/c1-2-13(17-9-1)10-16-8-7-15-14(11-3-4-11)12-5-6-12/h1-2,9,11-12,14-15H,3-8,10H2. The van der Waals surface area contributed by atoms with Crippen LogP contribution < -0.4 is 5.32 Å². The molecule has 3 heteroatoms. The third-order valence-electron chi connectivity index (χ3n) is 3.71. The Kier molecular flexibility index (Phi) is 3.79. The van der Waals surface area contributed by atoms with Crippen LogP contribution >= 0.6 is 11.3 Å². The molecule has 0 atom stereocenters. The highest BCUT2D eigenvalue weighted by Crippen LogP contribution is 2.44. The predicted molar refractivity (Wildman–Crippen MR) is 71.2 cm³/mol. The van der Waals surface area contributed by atoms with Gasteiger partial charge in [0.2, 0.25) is 0 Å². The van der Waals surface area contributed by atoms with E-state index >= 15 is 0 Å². The highest BCUT2D eigenvalue weighted by Gasteiger charge is 2.40. The number of ether oxygens (including phenoxy) is 1. The van der Waals surface area contributed by atoms with E-state index in [0.717, 1.165) is 37.6 Å². The molecule has 2 fully saturated rings. The van der Waals surface area contributed by atoms with Gasteiger partial charge in [-0.25, -0.2) is 0 Å². The molecule has 1 aromatic heterocycles. The molecule has 1 heterocycles.